The van der Waals surface area contributed by atoms with Crippen molar-refractivity contribution in [2.45, 2.75) is 5.75 Å². The molecular formula is C18H19Cl2NO3S. The maximum atomic E-state index is 12.4. The van der Waals surface area contributed by atoms with E-state index in [0.29, 0.717) is 39.4 Å². The standard InChI is InChI=1S/C18H19Cl2NO3S/c1-23-15-7-4-8-16(24-2)17(15)18(22)21-9-10-25-11-12-13(19)5-3-6-14(12)20/h3-8H,9-11H2,1-2H3,(H,21,22). The number of halogens is 2. The molecule has 1 amide bonds. The Hall–Kier alpha value is -1.56. The van der Waals surface area contributed by atoms with Gasteiger partial charge in [0, 0.05) is 28.1 Å². The van der Waals surface area contributed by atoms with Crippen LogP contribution in [0.25, 0.3) is 0 Å². The zero-order chi connectivity index (χ0) is 18.2. The molecule has 0 radical (unpaired) electrons. The van der Waals surface area contributed by atoms with E-state index in [9.17, 15) is 4.79 Å². The van der Waals surface area contributed by atoms with Crippen LogP contribution in [0.4, 0.5) is 0 Å². The first-order valence-corrected chi connectivity index (χ1v) is 9.49. The fourth-order valence-electron chi connectivity index (χ4n) is 2.24. The van der Waals surface area contributed by atoms with Crippen LogP contribution >= 0.6 is 35.0 Å². The molecule has 0 unspecified atom stereocenters. The van der Waals surface area contributed by atoms with E-state index in [0.717, 1.165) is 11.3 Å². The van der Waals surface area contributed by atoms with Crippen molar-refractivity contribution in [2.24, 2.45) is 0 Å². The highest BCUT2D eigenvalue weighted by Gasteiger charge is 2.17. The van der Waals surface area contributed by atoms with Gasteiger partial charge in [-0.2, -0.15) is 11.8 Å². The summed E-state index contributed by atoms with van der Waals surface area (Å²) in [5.74, 6) is 2.14. The van der Waals surface area contributed by atoms with Gasteiger partial charge < -0.3 is 14.8 Å². The molecule has 0 aliphatic rings. The third kappa shape index (κ3) is 5.21. The molecule has 0 heterocycles. The van der Waals surface area contributed by atoms with E-state index in [2.05, 4.69) is 5.32 Å². The molecule has 7 heteroatoms. The van der Waals surface area contributed by atoms with Gasteiger partial charge in [-0.15, -0.1) is 0 Å². The Morgan fingerprint density at radius 3 is 2.16 bits per heavy atom. The SMILES string of the molecule is COc1cccc(OC)c1C(=O)NCCSCc1c(Cl)cccc1Cl. The van der Waals surface area contributed by atoms with E-state index in [4.69, 9.17) is 32.7 Å². The number of methoxy groups -OCH3 is 2. The van der Waals surface area contributed by atoms with Crippen LogP contribution in [0.15, 0.2) is 36.4 Å². The fraction of sp³-hybridized carbons (Fsp3) is 0.278. The summed E-state index contributed by atoms with van der Waals surface area (Å²) in [4.78, 5) is 12.4. The molecule has 0 bridgehead atoms. The van der Waals surface area contributed by atoms with Gasteiger partial charge in [-0.1, -0.05) is 35.3 Å². The smallest absolute Gasteiger partial charge is 0.258 e. The van der Waals surface area contributed by atoms with Crippen LogP contribution in [-0.4, -0.2) is 32.4 Å². The first kappa shape index (κ1) is 19.8. The minimum Gasteiger partial charge on any atom is -0.496 e. The van der Waals surface area contributed by atoms with Gasteiger partial charge in [-0.05, 0) is 29.8 Å². The minimum absolute atomic E-state index is 0.231. The molecule has 0 aliphatic heterocycles. The van der Waals surface area contributed by atoms with Crippen molar-refractivity contribution in [1.82, 2.24) is 5.32 Å². The van der Waals surface area contributed by atoms with Gasteiger partial charge in [0.2, 0.25) is 0 Å². The second kappa shape index (κ2) is 9.80. The number of carbonyl (C=O) groups is 1. The van der Waals surface area contributed by atoms with Gasteiger partial charge in [0.25, 0.3) is 5.91 Å². The molecule has 0 aromatic heterocycles. The molecule has 0 aliphatic carbocycles. The quantitative estimate of drug-likeness (QED) is 0.654. The van der Waals surface area contributed by atoms with Crippen LogP contribution in [0.2, 0.25) is 10.0 Å². The molecule has 2 aromatic carbocycles. The summed E-state index contributed by atoms with van der Waals surface area (Å²) in [6.07, 6.45) is 0. The van der Waals surface area contributed by atoms with Crippen molar-refractivity contribution >= 4 is 40.9 Å². The van der Waals surface area contributed by atoms with Crippen molar-refractivity contribution in [3.63, 3.8) is 0 Å². The molecule has 0 saturated heterocycles. The van der Waals surface area contributed by atoms with Crippen molar-refractivity contribution in [3.05, 3.63) is 57.6 Å². The number of hydrogen-bond acceptors (Lipinski definition) is 4. The lowest BCUT2D eigenvalue weighted by Gasteiger charge is -2.13. The monoisotopic (exact) mass is 399 g/mol. The molecule has 2 aromatic rings. The topological polar surface area (TPSA) is 47.6 Å². The lowest BCUT2D eigenvalue weighted by molar-refractivity contribution is 0.0950. The van der Waals surface area contributed by atoms with Crippen LogP contribution in [0, 0.1) is 0 Å². The molecule has 2 rings (SSSR count). The van der Waals surface area contributed by atoms with Gasteiger partial charge >= 0.3 is 0 Å². The molecule has 0 fully saturated rings. The van der Waals surface area contributed by atoms with Crippen LogP contribution < -0.4 is 14.8 Å². The fourth-order valence-corrected chi connectivity index (χ4v) is 3.84. The maximum Gasteiger partial charge on any atom is 0.258 e. The van der Waals surface area contributed by atoms with Gasteiger partial charge in [0.15, 0.2) is 0 Å². The minimum atomic E-state index is -0.231. The number of rotatable bonds is 8. The van der Waals surface area contributed by atoms with E-state index in [1.54, 1.807) is 30.0 Å². The summed E-state index contributed by atoms with van der Waals surface area (Å²) in [6.45, 7) is 0.507. The number of carbonyl (C=O) groups excluding carboxylic acids is 1. The number of amides is 1. The Morgan fingerprint density at radius 2 is 1.60 bits per heavy atom. The van der Waals surface area contributed by atoms with Crippen LogP contribution in [0.3, 0.4) is 0 Å². The van der Waals surface area contributed by atoms with E-state index in [1.165, 1.54) is 14.2 Å². The summed E-state index contributed by atoms with van der Waals surface area (Å²) < 4.78 is 10.5. The third-order valence-electron chi connectivity index (χ3n) is 3.49. The summed E-state index contributed by atoms with van der Waals surface area (Å²) in [5.41, 5.74) is 1.31. The number of benzene rings is 2. The molecule has 0 atom stereocenters. The zero-order valence-corrected chi connectivity index (χ0v) is 16.3. The zero-order valence-electron chi connectivity index (χ0n) is 14.0. The predicted molar refractivity (Wildman–Crippen MR) is 105 cm³/mol. The van der Waals surface area contributed by atoms with Crippen molar-refractivity contribution in [3.8, 4) is 11.5 Å². The lowest BCUT2D eigenvalue weighted by atomic mass is 10.1. The van der Waals surface area contributed by atoms with E-state index in [1.807, 2.05) is 18.2 Å². The number of ether oxygens (including phenoxy) is 2. The Kier molecular flexibility index (Phi) is 7.75. The van der Waals surface area contributed by atoms with E-state index >= 15 is 0 Å². The van der Waals surface area contributed by atoms with Gasteiger partial charge in [-0.25, -0.2) is 0 Å². The van der Waals surface area contributed by atoms with Gasteiger partial charge in [-0.3, -0.25) is 4.79 Å². The van der Waals surface area contributed by atoms with Crippen molar-refractivity contribution in [2.75, 3.05) is 26.5 Å². The van der Waals surface area contributed by atoms with Gasteiger partial charge in [0.1, 0.15) is 17.1 Å². The van der Waals surface area contributed by atoms with E-state index < -0.39 is 0 Å². The summed E-state index contributed by atoms with van der Waals surface area (Å²) in [5, 5.41) is 4.19. The first-order chi connectivity index (χ1) is 12.1. The van der Waals surface area contributed by atoms with E-state index in [-0.39, 0.29) is 5.91 Å². The second-order valence-electron chi connectivity index (χ2n) is 5.05. The molecule has 0 spiro atoms. The highest BCUT2D eigenvalue weighted by atomic mass is 35.5. The Morgan fingerprint density at radius 1 is 1.04 bits per heavy atom. The second-order valence-corrected chi connectivity index (χ2v) is 6.97. The molecule has 1 N–H and O–H groups in total. The lowest BCUT2D eigenvalue weighted by Crippen LogP contribution is -2.26. The van der Waals surface area contributed by atoms with Crippen molar-refractivity contribution in [1.29, 1.82) is 0 Å². The molecule has 0 saturated carbocycles. The summed E-state index contributed by atoms with van der Waals surface area (Å²) in [7, 11) is 3.05. The average molecular weight is 400 g/mol. The predicted octanol–water partition coefficient (Wildman–Crippen LogP) is 4.67. The maximum absolute atomic E-state index is 12.4. The highest BCUT2D eigenvalue weighted by molar-refractivity contribution is 7.98. The Bertz CT molecular complexity index is 698. The highest BCUT2D eigenvalue weighted by Crippen LogP contribution is 2.29. The average Bonchev–Trinajstić information content (AvgIpc) is 2.62. The van der Waals surface area contributed by atoms with Crippen LogP contribution in [0.1, 0.15) is 15.9 Å². The molecular weight excluding hydrogens is 381 g/mol. The number of hydrogen-bond donors (Lipinski definition) is 1. The molecule has 134 valence electrons. The normalized spacial score (nSPS) is 10.4. The Labute approximate surface area is 161 Å². The summed E-state index contributed by atoms with van der Waals surface area (Å²) >= 11 is 13.9. The van der Waals surface area contributed by atoms with Crippen LogP contribution in [0.5, 0.6) is 11.5 Å². The van der Waals surface area contributed by atoms with Gasteiger partial charge in [0.05, 0.1) is 14.2 Å². The van der Waals surface area contributed by atoms with Crippen LogP contribution in [-0.2, 0) is 5.75 Å². The largest absolute Gasteiger partial charge is 0.496 e. The molecule has 4 nitrogen and oxygen atoms in total. The molecule has 25 heavy (non-hydrogen) atoms. The van der Waals surface area contributed by atoms with Crippen molar-refractivity contribution < 1.29 is 14.3 Å². The Balaban J connectivity index is 1.87. The summed E-state index contributed by atoms with van der Waals surface area (Å²) in [6, 6.07) is 10.7. The number of nitrogens with one attached hydrogen (secondary N) is 1. The third-order valence-corrected chi connectivity index (χ3v) is 5.19. The first-order valence-electron chi connectivity index (χ1n) is 7.58. The number of thioether (sulfide) groups is 1.